The van der Waals surface area contributed by atoms with E-state index in [1.165, 1.54) is 23.1 Å². The van der Waals surface area contributed by atoms with E-state index in [2.05, 4.69) is 30.9 Å². The molecule has 4 aromatic rings. The largest absolute Gasteiger partial charge is 0.300 e. The van der Waals surface area contributed by atoms with Gasteiger partial charge < -0.3 is 0 Å². The zero-order chi connectivity index (χ0) is 21.1. The van der Waals surface area contributed by atoms with E-state index in [0.29, 0.717) is 16.6 Å². The Hall–Kier alpha value is -2.07. The molecule has 0 aliphatic carbocycles. The first-order valence-corrected chi connectivity index (χ1v) is 12.3. The number of fused-ring (bicyclic) bond motifs is 1. The zero-order valence-corrected chi connectivity index (χ0v) is 19.5. The van der Waals surface area contributed by atoms with Gasteiger partial charge in [0.15, 0.2) is 0 Å². The average molecular weight is 476 g/mol. The fraction of sp³-hybridized carbons (Fsp3) is 0.250. The Bertz CT molecular complexity index is 1170. The molecule has 1 atom stereocenters. The van der Waals surface area contributed by atoms with E-state index in [1.54, 1.807) is 17.7 Å². The Labute approximate surface area is 191 Å². The van der Waals surface area contributed by atoms with Gasteiger partial charge in [0.1, 0.15) is 21.2 Å². The first-order valence-electron chi connectivity index (χ1n) is 9.37. The number of amides is 1. The fourth-order valence-corrected chi connectivity index (χ4v) is 5.69. The number of carbonyl (C=O) groups is 1. The van der Waals surface area contributed by atoms with E-state index in [9.17, 15) is 4.79 Å². The van der Waals surface area contributed by atoms with Crippen LogP contribution < -0.4 is 5.32 Å². The minimum Gasteiger partial charge on any atom is -0.300 e. The highest BCUT2D eigenvalue weighted by Gasteiger charge is 2.23. The summed E-state index contributed by atoms with van der Waals surface area (Å²) in [7, 11) is 0. The van der Waals surface area contributed by atoms with E-state index >= 15 is 0 Å². The van der Waals surface area contributed by atoms with Crippen LogP contribution in [0.5, 0.6) is 0 Å². The van der Waals surface area contributed by atoms with E-state index in [0.717, 1.165) is 37.8 Å². The Kier molecular flexibility index (Phi) is 6.62. The monoisotopic (exact) mass is 475 g/mol. The average Bonchev–Trinajstić information content (AvgIpc) is 3.39. The van der Waals surface area contributed by atoms with Crippen molar-refractivity contribution in [2.75, 3.05) is 5.32 Å². The second-order valence-corrected chi connectivity index (χ2v) is 9.92. The summed E-state index contributed by atoms with van der Waals surface area (Å²) < 4.78 is 0. The van der Waals surface area contributed by atoms with Gasteiger partial charge in [-0.25, -0.2) is 9.97 Å². The number of nitrogens with one attached hydrogen (secondary N) is 1. The highest BCUT2D eigenvalue weighted by atomic mass is 35.5. The lowest BCUT2D eigenvalue weighted by atomic mass is 10.1. The van der Waals surface area contributed by atoms with Crippen LogP contribution in [0.25, 0.3) is 21.3 Å². The zero-order valence-electron chi connectivity index (χ0n) is 16.3. The topological polar surface area (TPSA) is 80.7 Å². The third-order valence-corrected chi connectivity index (χ3v) is 7.89. The third-order valence-electron chi connectivity index (χ3n) is 4.41. The van der Waals surface area contributed by atoms with E-state index in [1.807, 2.05) is 38.1 Å². The summed E-state index contributed by atoms with van der Waals surface area (Å²) >= 11 is 10.5. The van der Waals surface area contributed by atoms with Crippen molar-refractivity contribution < 1.29 is 4.79 Å². The van der Waals surface area contributed by atoms with Crippen LogP contribution in [0.15, 0.2) is 41.0 Å². The van der Waals surface area contributed by atoms with Crippen molar-refractivity contribution >= 4 is 67.3 Å². The molecule has 6 nitrogen and oxygen atoms in total. The molecule has 10 heteroatoms. The molecule has 0 spiro atoms. The maximum absolute atomic E-state index is 12.9. The summed E-state index contributed by atoms with van der Waals surface area (Å²) in [6.07, 6.45) is 3.00. The first-order chi connectivity index (χ1) is 14.6. The maximum atomic E-state index is 12.9. The van der Waals surface area contributed by atoms with Crippen molar-refractivity contribution in [2.24, 2.45) is 0 Å². The van der Waals surface area contributed by atoms with Gasteiger partial charge in [-0.1, -0.05) is 60.7 Å². The van der Waals surface area contributed by atoms with E-state index in [-0.39, 0.29) is 11.2 Å². The number of benzene rings is 1. The highest BCUT2D eigenvalue weighted by molar-refractivity contribution is 8.00. The molecule has 3 heterocycles. The number of thioether (sulfide) groups is 1. The summed E-state index contributed by atoms with van der Waals surface area (Å²) in [5, 5.41) is 16.6. The second-order valence-electron chi connectivity index (χ2n) is 6.37. The van der Waals surface area contributed by atoms with Gasteiger partial charge in [-0.2, -0.15) is 0 Å². The lowest BCUT2D eigenvalue weighted by Gasteiger charge is -2.14. The van der Waals surface area contributed by atoms with Crippen molar-refractivity contribution in [3.63, 3.8) is 0 Å². The van der Waals surface area contributed by atoms with Crippen molar-refractivity contribution in [3.8, 4) is 11.1 Å². The molecular formula is C20H18ClN5OS3. The molecule has 0 saturated heterocycles. The molecule has 0 saturated carbocycles. The summed E-state index contributed by atoms with van der Waals surface area (Å²) in [6, 6.07) is 7.70. The number of thiophene rings is 1. The van der Waals surface area contributed by atoms with Gasteiger partial charge in [0.2, 0.25) is 11.0 Å². The normalized spacial score (nSPS) is 12.2. The van der Waals surface area contributed by atoms with Crippen molar-refractivity contribution in [1.29, 1.82) is 0 Å². The predicted octanol–water partition coefficient (Wildman–Crippen LogP) is 5.94. The van der Waals surface area contributed by atoms with Gasteiger partial charge in [0.25, 0.3) is 0 Å². The molecule has 1 N–H and O–H groups in total. The number of aromatic nitrogens is 4. The first kappa shape index (κ1) is 21.2. The molecular weight excluding hydrogens is 458 g/mol. The summed E-state index contributed by atoms with van der Waals surface area (Å²) in [5.74, 6) is -0.101. The number of halogens is 1. The van der Waals surface area contributed by atoms with Gasteiger partial charge in [-0.15, -0.1) is 21.5 Å². The van der Waals surface area contributed by atoms with Crippen LogP contribution >= 0.6 is 46.0 Å². The van der Waals surface area contributed by atoms with Crippen LogP contribution in [0.4, 0.5) is 5.13 Å². The highest BCUT2D eigenvalue weighted by Crippen LogP contribution is 2.39. The van der Waals surface area contributed by atoms with Crippen LogP contribution in [-0.4, -0.2) is 31.3 Å². The number of hydrogen-bond acceptors (Lipinski definition) is 8. The molecule has 0 radical (unpaired) electrons. The molecule has 0 aliphatic rings. The van der Waals surface area contributed by atoms with Crippen LogP contribution in [0.3, 0.4) is 0 Å². The van der Waals surface area contributed by atoms with Crippen molar-refractivity contribution in [3.05, 3.63) is 46.0 Å². The third kappa shape index (κ3) is 4.49. The number of rotatable bonds is 7. The number of anilines is 1. The molecule has 30 heavy (non-hydrogen) atoms. The van der Waals surface area contributed by atoms with E-state index < -0.39 is 0 Å². The van der Waals surface area contributed by atoms with Crippen molar-refractivity contribution in [1.82, 2.24) is 20.2 Å². The molecule has 3 aromatic heterocycles. The van der Waals surface area contributed by atoms with Gasteiger partial charge in [0, 0.05) is 16.0 Å². The number of aryl methyl sites for hydroxylation is 1. The Morgan fingerprint density at radius 1 is 1.20 bits per heavy atom. The SMILES string of the molecule is CCc1nnc(NC(=O)C(CC)Sc2ncnc3scc(-c4ccc(Cl)cc4)c23)s1. The molecule has 1 amide bonds. The Morgan fingerprint density at radius 2 is 2.00 bits per heavy atom. The number of carbonyl (C=O) groups excluding carboxylic acids is 1. The second kappa shape index (κ2) is 9.38. The molecule has 0 bridgehead atoms. The fourth-order valence-electron chi connectivity index (χ4n) is 2.87. The molecule has 1 aromatic carbocycles. The summed E-state index contributed by atoms with van der Waals surface area (Å²) in [6.45, 7) is 4.00. The van der Waals surface area contributed by atoms with Gasteiger partial charge in [-0.05, 0) is 30.5 Å². The van der Waals surface area contributed by atoms with Gasteiger partial charge >= 0.3 is 0 Å². The molecule has 154 valence electrons. The summed E-state index contributed by atoms with van der Waals surface area (Å²) in [4.78, 5) is 22.7. The predicted molar refractivity (Wildman–Crippen MR) is 126 cm³/mol. The molecule has 0 fully saturated rings. The Balaban J connectivity index is 1.62. The van der Waals surface area contributed by atoms with Crippen LogP contribution in [0.1, 0.15) is 25.3 Å². The lowest BCUT2D eigenvalue weighted by Crippen LogP contribution is -2.24. The Morgan fingerprint density at radius 3 is 2.70 bits per heavy atom. The van der Waals surface area contributed by atoms with Gasteiger partial charge in [-0.3, -0.25) is 10.1 Å². The number of nitrogens with zero attached hydrogens (tertiary/aromatic N) is 4. The van der Waals surface area contributed by atoms with Crippen LogP contribution in [0, 0.1) is 0 Å². The maximum Gasteiger partial charge on any atom is 0.239 e. The minimum atomic E-state index is -0.310. The van der Waals surface area contributed by atoms with Crippen LogP contribution in [0.2, 0.25) is 5.02 Å². The van der Waals surface area contributed by atoms with Crippen molar-refractivity contribution in [2.45, 2.75) is 37.0 Å². The molecule has 0 aliphatic heterocycles. The summed E-state index contributed by atoms with van der Waals surface area (Å²) in [5.41, 5.74) is 2.09. The number of hydrogen-bond donors (Lipinski definition) is 1. The molecule has 1 unspecified atom stereocenters. The standard InChI is InChI=1S/C20H18ClN5OS3/c1-3-14(17(27)24-20-26-25-15(4-2)30-20)29-19-16-13(9-28-18(16)22-10-23-19)11-5-7-12(21)8-6-11/h5-10,14H,3-4H2,1-2H3,(H,24,26,27). The smallest absolute Gasteiger partial charge is 0.239 e. The van der Waals surface area contributed by atoms with E-state index in [4.69, 9.17) is 11.6 Å². The lowest BCUT2D eigenvalue weighted by molar-refractivity contribution is -0.115. The minimum absolute atomic E-state index is 0.101. The molecule has 4 rings (SSSR count). The quantitative estimate of drug-likeness (QED) is 0.263. The van der Waals surface area contributed by atoms with Crippen LogP contribution in [-0.2, 0) is 11.2 Å². The van der Waals surface area contributed by atoms with Gasteiger partial charge in [0.05, 0.1) is 10.6 Å².